The van der Waals surface area contributed by atoms with E-state index in [1.165, 1.54) is 16.1 Å². The minimum atomic E-state index is 0.697. The van der Waals surface area contributed by atoms with E-state index in [0.717, 1.165) is 33.6 Å². The summed E-state index contributed by atoms with van der Waals surface area (Å²) in [4.78, 5) is 0. The number of hydrazine groups is 1. The van der Waals surface area contributed by atoms with E-state index in [9.17, 15) is 0 Å². The number of anilines is 2. The highest BCUT2D eigenvalue weighted by Gasteiger charge is 2.09. The van der Waals surface area contributed by atoms with Gasteiger partial charge in [-0.1, -0.05) is 135 Å². The summed E-state index contributed by atoms with van der Waals surface area (Å²) in [6.07, 6.45) is 19.5. The van der Waals surface area contributed by atoms with Gasteiger partial charge in [-0.05, 0) is 92.6 Å². The molecule has 0 unspecified atom stereocenters. The van der Waals surface area contributed by atoms with Crippen molar-refractivity contribution in [2.24, 2.45) is 17.4 Å². The zero-order valence-electron chi connectivity index (χ0n) is 29.5. The van der Waals surface area contributed by atoms with Crippen LogP contribution >= 0.6 is 0 Å². The zero-order chi connectivity index (χ0) is 36.6. The molecule has 0 atom stereocenters. The molecule has 0 fully saturated rings. The lowest BCUT2D eigenvalue weighted by Gasteiger charge is -2.05. The van der Waals surface area contributed by atoms with Crippen LogP contribution in [0.15, 0.2) is 200 Å². The third kappa shape index (κ3) is 12.8. The van der Waals surface area contributed by atoms with Crippen LogP contribution in [0.4, 0.5) is 11.4 Å². The van der Waals surface area contributed by atoms with Gasteiger partial charge in [0.25, 0.3) is 0 Å². The fourth-order valence-electron chi connectivity index (χ4n) is 4.72. The van der Waals surface area contributed by atoms with E-state index in [0.29, 0.717) is 5.70 Å². The van der Waals surface area contributed by atoms with Crippen LogP contribution < -0.4 is 33.3 Å². The smallest absolute Gasteiger partial charge is 0.0540 e. The Morgan fingerprint density at radius 1 is 0.660 bits per heavy atom. The molecule has 0 bridgehead atoms. The van der Waals surface area contributed by atoms with Gasteiger partial charge in [0.05, 0.1) is 5.52 Å². The Morgan fingerprint density at radius 2 is 1.18 bits per heavy atom. The Balaban J connectivity index is 0.000000311. The van der Waals surface area contributed by atoms with Gasteiger partial charge in [-0.3, -0.25) is 11.7 Å². The van der Waals surface area contributed by atoms with E-state index in [4.69, 9.17) is 5.73 Å². The highest BCUT2D eigenvalue weighted by Crippen LogP contribution is 2.16. The standard InChI is InChI=1S/C26H25N.C12H11N.C7H11N.H4N2/c1-5-7-9-14-20(3)21(4)19-24-23-17-12-13-18-26(23)27(25(24)6-2)22-15-10-8-11-16-22;1-3-7-11(8-4-1)13-12-9-5-2-6-10-12;1-3-5-6-7(8)4-2;1-2/h5-19H,3-4H2,1-2H3;1-10,13H;3-6H,2,8H2,1H3;1-2H2/b7-5-,14-9-,24-19-,25-6+;;5-3?,7-6+;. The second-order valence-electron chi connectivity index (χ2n) is 10.6. The molecule has 7 N–H and O–H groups in total. The van der Waals surface area contributed by atoms with Gasteiger partial charge in [0, 0.05) is 38.7 Å². The molecule has 0 aliphatic carbocycles. The molecule has 5 heteroatoms. The molecule has 0 aliphatic rings. The Labute approximate surface area is 298 Å². The second-order valence-corrected chi connectivity index (χ2v) is 10.6. The maximum atomic E-state index is 5.35. The van der Waals surface area contributed by atoms with Gasteiger partial charge < -0.3 is 15.6 Å². The third-order valence-electron chi connectivity index (χ3n) is 7.12. The average Bonchev–Trinajstić information content (AvgIpc) is 3.49. The maximum absolute atomic E-state index is 5.35. The molecule has 5 nitrogen and oxygen atoms in total. The molecule has 4 aromatic carbocycles. The Morgan fingerprint density at radius 3 is 1.70 bits per heavy atom. The lowest BCUT2D eigenvalue weighted by atomic mass is 10.1. The first-order valence-electron chi connectivity index (χ1n) is 16.3. The molecule has 0 radical (unpaired) electrons. The molecular weight excluding hydrogens is 611 g/mol. The van der Waals surface area contributed by atoms with Crippen molar-refractivity contribution < 1.29 is 0 Å². The molecule has 256 valence electrons. The molecule has 0 spiro atoms. The van der Waals surface area contributed by atoms with Gasteiger partial charge in [-0.2, -0.15) is 0 Å². The maximum Gasteiger partial charge on any atom is 0.0540 e. The number of hydrogen-bond donors (Lipinski definition) is 4. The lowest BCUT2D eigenvalue weighted by Crippen LogP contribution is -2.28. The van der Waals surface area contributed by atoms with Crippen molar-refractivity contribution in [3.05, 3.63) is 211 Å². The molecule has 0 amide bonds. The topological polar surface area (TPSA) is 95.0 Å². The number of fused-ring (bicyclic) bond motifs is 1. The van der Waals surface area contributed by atoms with Crippen LogP contribution in [0.1, 0.15) is 20.8 Å². The van der Waals surface area contributed by atoms with Crippen molar-refractivity contribution >= 4 is 34.4 Å². The second kappa shape index (κ2) is 23.2. The van der Waals surface area contributed by atoms with Gasteiger partial charge in [-0.15, -0.1) is 0 Å². The normalized spacial score (nSPS) is 11.7. The van der Waals surface area contributed by atoms with Crippen molar-refractivity contribution in [2.75, 3.05) is 5.32 Å². The van der Waals surface area contributed by atoms with Crippen LogP contribution in [0, 0.1) is 0 Å². The molecule has 0 aliphatic heterocycles. The van der Waals surface area contributed by atoms with Crippen molar-refractivity contribution in [1.29, 1.82) is 0 Å². The minimum absolute atomic E-state index is 0.697. The predicted octanol–water partition coefficient (Wildman–Crippen LogP) is 9.30. The van der Waals surface area contributed by atoms with E-state index < -0.39 is 0 Å². The number of benzene rings is 4. The number of para-hydroxylation sites is 4. The van der Waals surface area contributed by atoms with Crippen LogP contribution in [-0.2, 0) is 0 Å². The summed E-state index contributed by atoms with van der Waals surface area (Å²) in [7, 11) is 0. The largest absolute Gasteiger partial charge is 0.399 e. The van der Waals surface area contributed by atoms with E-state index in [2.05, 4.69) is 109 Å². The first kappa shape index (κ1) is 40.0. The predicted molar refractivity (Wildman–Crippen MR) is 221 cm³/mol. The van der Waals surface area contributed by atoms with E-state index >= 15 is 0 Å². The highest BCUT2D eigenvalue weighted by molar-refractivity contribution is 5.85. The van der Waals surface area contributed by atoms with Crippen molar-refractivity contribution in [1.82, 2.24) is 4.57 Å². The molecule has 5 rings (SSSR count). The first-order valence-corrected chi connectivity index (χ1v) is 16.3. The fraction of sp³-hybridized carbons (Fsp3) is 0.0667. The van der Waals surface area contributed by atoms with Crippen LogP contribution in [0.2, 0.25) is 0 Å². The minimum Gasteiger partial charge on any atom is -0.399 e. The molecule has 1 aromatic heterocycles. The quantitative estimate of drug-likeness (QED) is 0.0720. The van der Waals surface area contributed by atoms with Crippen molar-refractivity contribution in [2.45, 2.75) is 20.8 Å². The summed E-state index contributed by atoms with van der Waals surface area (Å²) >= 11 is 0. The van der Waals surface area contributed by atoms with E-state index in [-0.39, 0.29) is 0 Å². The van der Waals surface area contributed by atoms with Crippen molar-refractivity contribution in [3.63, 3.8) is 0 Å². The third-order valence-corrected chi connectivity index (χ3v) is 7.12. The number of rotatable bonds is 9. The van der Waals surface area contributed by atoms with E-state index in [1.54, 1.807) is 12.2 Å². The van der Waals surface area contributed by atoms with Gasteiger partial charge >= 0.3 is 0 Å². The van der Waals surface area contributed by atoms with Crippen molar-refractivity contribution in [3.8, 4) is 5.69 Å². The Kier molecular flexibility index (Phi) is 18.6. The number of allylic oxidation sites excluding steroid dienone is 10. The summed E-state index contributed by atoms with van der Waals surface area (Å²) in [6.45, 7) is 17.9. The Bertz CT molecular complexity index is 1970. The molecule has 1 heterocycles. The molecular formula is C45H51N5. The highest BCUT2D eigenvalue weighted by atomic mass is 15.0. The molecule has 0 saturated carbocycles. The number of nitrogens with zero attached hydrogens (tertiary/aromatic N) is 1. The molecule has 0 saturated heterocycles. The summed E-state index contributed by atoms with van der Waals surface area (Å²) in [6, 6.07) is 39.2. The van der Waals surface area contributed by atoms with Crippen LogP contribution in [0.5, 0.6) is 0 Å². The monoisotopic (exact) mass is 661 g/mol. The van der Waals surface area contributed by atoms with E-state index in [1.807, 2.05) is 117 Å². The fourth-order valence-corrected chi connectivity index (χ4v) is 4.72. The first-order chi connectivity index (χ1) is 24.4. The van der Waals surface area contributed by atoms with Gasteiger partial charge in [0.2, 0.25) is 0 Å². The SMILES string of the molecule is C=C(/C=C\C=C/C)C(=C)/C=c1\c(=C/C)n(-c2ccccc2)c2ccccc12.C=C/C(N)=C\C=CC.NN.c1ccc(Nc2ccccc2)cc1. The summed E-state index contributed by atoms with van der Waals surface area (Å²) in [5, 5.41) is 6.84. The molecule has 5 aromatic rings. The number of hydrogen-bond acceptors (Lipinski definition) is 4. The van der Waals surface area contributed by atoms with Gasteiger partial charge in [-0.25, -0.2) is 0 Å². The number of nitrogens with two attached hydrogens (primary N) is 3. The summed E-state index contributed by atoms with van der Waals surface area (Å²) < 4.78 is 2.30. The Hall–Kier alpha value is -6.14. The lowest BCUT2D eigenvalue weighted by molar-refractivity contribution is 1.07. The molecule has 50 heavy (non-hydrogen) atoms. The summed E-state index contributed by atoms with van der Waals surface area (Å²) in [5.41, 5.74) is 12.4. The number of aromatic nitrogens is 1. The van der Waals surface area contributed by atoms with Crippen LogP contribution in [0.25, 0.3) is 28.7 Å². The van der Waals surface area contributed by atoms with Crippen LogP contribution in [-0.4, -0.2) is 4.57 Å². The number of nitrogens with one attached hydrogen (secondary N) is 1. The van der Waals surface area contributed by atoms with Crippen LogP contribution in [0.3, 0.4) is 0 Å². The van der Waals surface area contributed by atoms with Gasteiger partial charge in [0.1, 0.15) is 0 Å². The van der Waals surface area contributed by atoms with Gasteiger partial charge in [0.15, 0.2) is 0 Å². The summed E-state index contributed by atoms with van der Waals surface area (Å²) in [5.74, 6) is 8.00. The zero-order valence-corrected chi connectivity index (χ0v) is 29.5. The average molecular weight is 662 g/mol.